The molecule has 2 rings (SSSR count). The molecule has 1 heterocycles. The SMILES string of the molecule is CC[C@@H](N[C@H](C)CC(N)=O)c1ccc(Cl)c(C(=O)c2ccc(NC)nc2)c1F.Cl. The molecule has 1 amide bonds. The van der Waals surface area contributed by atoms with Gasteiger partial charge in [-0.05, 0) is 31.5 Å². The van der Waals surface area contributed by atoms with E-state index in [4.69, 9.17) is 17.3 Å². The maximum Gasteiger partial charge on any atom is 0.218 e. The number of nitrogens with zero attached hydrogens (tertiary/aromatic N) is 1. The number of aromatic nitrogens is 1. The highest BCUT2D eigenvalue weighted by Crippen LogP contribution is 2.30. The molecule has 158 valence electrons. The molecule has 0 bridgehead atoms. The number of halogens is 3. The summed E-state index contributed by atoms with van der Waals surface area (Å²) >= 11 is 6.15. The molecule has 29 heavy (non-hydrogen) atoms. The van der Waals surface area contributed by atoms with Crippen molar-refractivity contribution in [1.82, 2.24) is 10.3 Å². The van der Waals surface area contributed by atoms with Crippen molar-refractivity contribution in [2.75, 3.05) is 12.4 Å². The van der Waals surface area contributed by atoms with Gasteiger partial charge in [0.15, 0.2) is 5.78 Å². The largest absolute Gasteiger partial charge is 0.373 e. The summed E-state index contributed by atoms with van der Waals surface area (Å²) in [5.74, 6) is -1.07. The average molecular weight is 443 g/mol. The molecule has 0 aliphatic rings. The number of hydrogen-bond donors (Lipinski definition) is 3. The van der Waals surface area contributed by atoms with Crippen LogP contribution < -0.4 is 16.4 Å². The Balaban J connectivity index is 0.00000420. The van der Waals surface area contributed by atoms with Gasteiger partial charge in [0.05, 0.1) is 10.6 Å². The molecule has 0 aliphatic carbocycles. The fourth-order valence-electron chi connectivity index (χ4n) is 3.00. The number of hydrogen-bond acceptors (Lipinski definition) is 5. The molecule has 4 N–H and O–H groups in total. The lowest BCUT2D eigenvalue weighted by Gasteiger charge is -2.23. The molecule has 0 unspecified atom stereocenters. The first-order chi connectivity index (χ1) is 13.3. The smallest absolute Gasteiger partial charge is 0.218 e. The second-order valence-electron chi connectivity index (χ2n) is 6.54. The van der Waals surface area contributed by atoms with Crippen LogP contribution in [0.3, 0.4) is 0 Å². The first-order valence-electron chi connectivity index (χ1n) is 8.99. The van der Waals surface area contributed by atoms with Crippen LogP contribution in [0.2, 0.25) is 5.02 Å². The van der Waals surface area contributed by atoms with Gasteiger partial charge in [-0.3, -0.25) is 9.59 Å². The lowest BCUT2D eigenvalue weighted by atomic mass is 9.96. The van der Waals surface area contributed by atoms with E-state index < -0.39 is 23.5 Å². The molecular weight excluding hydrogens is 418 g/mol. The van der Waals surface area contributed by atoms with E-state index in [1.807, 2.05) is 6.92 Å². The summed E-state index contributed by atoms with van der Waals surface area (Å²) < 4.78 is 15.3. The molecule has 0 aliphatic heterocycles. The van der Waals surface area contributed by atoms with Gasteiger partial charge in [-0.25, -0.2) is 9.37 Å². The predicted molar refractivity (Wildman–Crippen MR) is 115 cm³/mol. The van der Waals surface area contributed by atoms with Gasteiger partial charge in [0.1, 0.15) is 11.6 Å². The zero-order valence-corrected chi connectivity index (χ0v) is 18.0. The lowest BCUT2D eigenvalue weighted by molar-refractivity contribution is -0.118. The Hall–Kier alpha value is -2.22. The standard InChI is InChI=1S/C20H24ClFN4O2.ClH/c1-4-15(26-11(2)9-16(23)27)13-6-7-14(21)18(19(13)22)20(28)12-5-8-17(24-3)25-10-12;/h5-8,10-11,15,26H,4,9H2,1-3H3,(H2,23,27)(H,24,25);1H/t11-,15-;/m1./s1. The van der Waals surface area contributed by atoms with Crippen LogP contribution in [0, 0.1) is 5.82 Å². The van der Waals surface area contributed by atoms with Crippen LogP contribution in [-0.2, 0) is 4.79 Å². The minimum atomic E-state index is -0.680. The molecule has 1 aromatic heterocycles. The zero-order chi connectivity index (χ0) is 20.8. The molecule has 0 fully saturated rings. The Morgan fingerprint density at radius 1 is 1.28 bits per heavy atom. The fraction of sp³-hybridized carbons (Fsp3) is 0.350. The molecular formula is C20H25Cl2FN4O2. The Kier molecular flexibility index (Phi) is 9.49. The molecule has 2 atom stereocenters. The van der Waals surface area contributed by atoms with Gasteiger partial charge in [0.2, 0.25) is 5.91 Å². The maximum absolute atomic E-state index is 15.3. The number of amides is 1. The van der Waals surface area contributed by atoms with Crippen LogP contribution in [0.1, 0.15) is 54.2 Å². The molecule has 0 saturated carbocycles. The van der Waals surface area contributed by atoms with E-state index in [1.165, 1.54) is 12.3 Å². The number of primary amides is 1. The zero-order valence-electron chi connectivity index (χ0n) is 16.5. The molecule has 9 heteroatoms. The molecule has 1 aromatic carbocycles. The Morgan fingerprint density at radius 3 is 2.48 bits per heavy atom. The van der Waals surface area contributed by atoms with Crippen LogP contribution >= 0.6 is 24.0 Å². The Labute approximate surface area is 180 Å². The summed E-state index contributed by atoms with van der Waals surface area (Å²) in [5, 5.41) is 6.07. The number of benzene rings is 1. The quantitative estimate of drug-likeness (QED) is 0.512. The van der Waals surface area contributed by atoms with E-state index in [0.29, 0.717) is 17.8 Å². The minimum Gasteiger partial charge on any atom is -0.373 e. The number of nitrogens with one attached hydrogen (secondary N) is 2. The summed E-state index contributed by atoms with van der Waals surface area (Å²) in [6, 6.07) is 5.61. The molecule has 6 nitrogen and oxygen atoms in total. The van der Waals surface area contributed by atoms with E-state index in [-0.39, 0.29) is 41.0 Å². The summed E-state index contributed by atoms with van der Waals surface area (Å²) in [7, 11) is 1.71. The number of nitrogens with two attached hydrogens (primary N) is 1. The van der Waals surface area contributed by atoms with Crippen LogP contribution in [-0.4, -0.2) is 29.8 Å². The van der Waals surface area contributed by atoms with E-state index >= 15 is 4.39 Å². The lowest BCUT2D eigenvalue weighted by Crippen LogP contribution is -2.34. The van der Waals surface area contributed by atoms with Crippen molar-refractivity contribution >= 4 is 41.5 Å². The number of pyridine rings is 1. The van der Waals surface area contributed by atoms with Gasteiger partial charge in [-0.15, -0.1) is 12.4 Å². The highest BCUT2D eigenvalue weighted by atomic mass is 35.5. The van der Waals surface area contributed by atoms with Gasteiger partial charge in [0.25, 0.3) is 0 Å². The first-order valence-corrected chi connectivity index (χ1v) is 9.37. The van der Waals surface area contributed by atoms with E-state index in [2.05, 4.69) is 15.6 Å². The second-order valence-corrected chi connectivity index (χ2v) is 6.94. The minimum absolute atomic E-state index is 0. The molecule has 0 spiro atoms. The first kappa shape index (κ1) is 24.8. The third-order valence-electron chi connectivity index (χ3n) is 4.41. The number of rotatable bonds is 9. The highest BCUT2D eigenvalue weighted by molar-refractivity contribution is 6.35. The maximum atomic E-state index is 15.3. The van der Waals surface area contributed by atoms with E-state index in [9.17, 15) is 9.59 Å². The van der Waals surface area contributed by atoms with Crippen LogP contribution in [0.15, 0.2) is 30.5 Å². The Morgan fingerprint density at radius 2 is 1.97 bits per heavy atom. The molecule has 0 saturated heterocycles. The van der Waals surface area contributed by atoms with E-state index in [1.54, 1.807) is 32.2 Å². The normalized spacial score (nSPS) is 12.6. The fourth-order valence-corrected chi connectivity index (χ4v) is 3.23. The topological polar surface area (TPSA) is 97.1 Å². The number of carbonyl (C=O) groups excluding carboxylic acids is 2. The number of anilines is 1. The third-order valence-corrected chi connectivity index (χ3v) is 4.72. The van der Waals surface area contributed by atoms with Crippen molar-refractivity contribution in [3.63, 3.8) is 0 Å². The van der Waals surface area contributed by atoms with Crippen molar-refractivity contribution in [3.8, 4) is 0 Å². The van der Waals surface area contributed by atoms with Crippen LogP contribution in [0.5, 0.6) is 0 Å². The summed E-state index contributed by atoms with van der Waals surface area (Å²) in [5.41, 5.74) is 5.58. The van der Waals surface area contributed by atoms with Gasteiger partial charge in [0, 0.05) is 42.9 Å². The summed E-state index contributed by atoms with van der Waals surface area (Å²) in [6.07, 6.45) is 2.05. The predicted octanol–water partition coefficient (Wildman–Crippen LogP) is 3.87. The van der Waals surface area contributed by atoms with Gasteiger partial charge < -0.3 is 16.4 Å². The monoisotopic (exact) mass is 442 g/mol. The highest BCUT2D eigenvalue weighted by Gasteiger charge is 2.25. The Bertz CT molecular complexity index is 862. The summed E-state index contributed by atoms with van der Waals surface area (Å²) in [4.78, 5) is 28.1. The van der Waals surface area contributed by atoms with Crippen molar-refractivity contribution in [1.29, 1.82) is 0 Å². The number of ketones is 1. The second kappa shape index (κ2) is 11.1. The van der Waals surface area contributed by atoms with E-state index in [0.717, 1.165) is 0 Å². The van der Waals surface area contributed by atoms with Crippen molar-refractivity contribution < 1.29 is 14.0 Å². The van der Waals surface area contributed by atoms with Gasteiger partial charge in [-0.1, -0.05) is 24.6 Å². The van der Waals surface area contributed by atoms with Crippen LogP contribution in [0.4, 0.5) is 10.2 Å². The van der Waals surface area contributed by atoms with Crippen molar-refractivity contribution in [2.24, 2.45) is 5.73 Å². The number of carbonyl (C=O) groups is 2. The van der Waals surface area contributed by atoms with Gasteiger partial charge in [-0.2, -0.15) is 0 Å². The van der Waals surface area contributed by atoms with Gasteiger partial charge >= 0.3 is 0 Å². The average Bonchev–Trinajstić information content (AvgIpc) is 2.66. The van der Waals surface area contributed by atoms with Crippen molar-refractivity contribution in [3.05, 3.63) is 58.0 Å². The third kappa shape index (κ3) is 6.13. The summed E-state index contributed by atoms with van der Waals surface area (Å²) in [6.45, 7) is 3.67. The van der Waals surface area contributed by atoms with Crippen molar-refractivity contribution in [2.45, 2.75) is 38.8 Å². The van der Waals surface area contributed by atoms with Crippen LogP contribution in [0.25, 0.3) is 0 Å². The molecule has 2 aromatic rings. The molecule has 0 radical (unpaired) electrons.